The van der Waals surface area contributed by atoms with E-state index in [4.69, 9.17) is 21.8 Å². The van der Waals surface area contributed by atoms with Gasteiger partial charge in [0.05, 0.1) is 6.04 Å². The van der Waals surface area contributed by atoms with Gasteiger partial charge in [-0.05, 0) is 18.6 Å². The lowest BCUT2D eigenvalue weighted by Gasteiger charge is -2.14. The van der Waals surface area contributed by atoms with Gasteiger partial charge in [0, 0.05) is 18.6 Å². The van der Waals surface area contributed by atoms with Gasteiger partial charge in [-0.15, -0.1) is 5.10 Å². The second-order valence-electron chi connectivity index (χ2n) is 4.16. The SMILES string of the molecule is CC(N)c1nnc(N(C)Cc2ccccc2Cl)o1. The Morgan fingerprint density at radius 1 is 1.39 bits per heavy atom. The Hall–Kier alpha value is -1.59. The molecule has 1 heterocycles. The monoisotopic (exact) mass is 266 g/mol. The van der Waals surface area contributed by atoms with Crippen molar-refractivity contribution in [1.82, 2.24) is 10.2 Å². The lowest BCUT2D eigenvalue weighted by molar-refractivity contribution is 0.460. The molecule has 0 fully saturated rings. The smallest absolute Gasteiger partial charge is 0.318 e. The fourth-order valence-electron chi connectivity index (χ4n) is 1.51. The summed E-state index contributed by atoms with van der Waals surface area (Å²) < 4.78 is 5.45. The molecule has 0 saturated carbocycles. The van der Waals surface area contributed by atoms with Gasteiger partial charge in [0.2, 0.25) is 5.89 Å². The molecular formula is C12H15ClN4O. The summed E-state index contributed by atoms with van der Waals surface area (Å²) in [7, 11) is 1.86. The van der Waals surface area contributed by atoms with Gasteiger partial charge in [0.25, 0.3) is 0 Å². The molecule has 5 nitrogen and oxygen atoms in total. The Bertz CT molecular complexity index is 526. The summed E-state index contributed by atoms with van der Waals surface area (Å²) in [6.07, 6.45) is 0. The van der Waals surface area contributed by atoms with Crippen molar-refractivity contribution in [3.05, 3.63) is 40.7 Å². The summed E-state index contributed by atoms with van der Waals surface area (Å²) >= 11 is 6.10. The first-order chi connectivity index (χ1) is 8.58. The Kier molecular flexibility index (Phi) is 3.84. The average molecular weight is 267 g/mol. The fourth-order valence-corrected chi connectivity index (χ4v) is 1.71. The van der Waals surface area contributed by atoms with E-state index in [1.165, 1.54) is 0 Å². The third-order valence-corrected chi connectivity index (χ3v) is 2.88. The molecule has 1 atom stereocenters. The average Bonchev–Trinajstić information content (AvgIpc) is 2.81. The minimum Gasteiger partial charge on any atom is -0.406 e. The molecule has 6 heteroatoms. The largest absolute Gasteiger partial charge is 0.406 e. The molecule has 0 radical (unpaired) electrons. The summed E-state index contributed by atoms with van der Waals surface area (Å²) in [6, 6.07) is 7.82. The third-order valence-electron chi connectivity index (χ3n) is 2.51. The van der Waals surface area contributed by atoms with Crippen molar-refractivity contribution in [2.75, 3.05) is 11.9 Å². The van der Waals surface area contributed by atoms with Crippen molar-refractivity contribution in [1.29, 1.82) is 0 Å². The standard InChI is InChI=1S/C12H15ClN4O/c1-8(14)11-15-16-12(18-11)17(2)7-9-5-3-4-6-10(9)13/h3-6,8H,7,14H2,1-2H3. The van der Waals surface area contributed by atoms with Crippen LogP contribution in [0.15, 0.2) is 28.7 Å². The molecule has 1 aromatic heterocycles. The lowest BCUT2D eigenvalue weighted by atomic mass is 10.2. The van der Waals surface area contributed by atoms with Crippen LogP contribution >= 0.6 is 11.6 Å². The molecule has 0 saturated heterocycles. The number of aromatic nitrogens is 2. The molecular weight excluding hydrogens is 252 g/mol. The molecule has 0 aliphatic carbocycles. The summed E-state index contributed by atoms with van der Waals surface area (Å²) in [5.74, 6) is 0.427. The van der Waals surface area contributed by atoms with E-state index in [0.717, 1.165) is 10.6 Å². The van der Waals surface area contributed by atoms with Gasteiger partial charge < -0.3 is 15.1 Å². The fraction of sp³-hybridized carbons (Fsp3) is 0.333. The second-order valence-corrected chi connectivity index (χ2v) is 4.57. The van der Waals surface area contributed by atoms with Gasteiger partial charge >= 0.3 is 6.01 Å². The van der Waals surface area contributed by atoms with Crippen LogP contribution in [-0.2, 0) is 6.54 Å². The van der Waals surface area contributed by atoms with Crippen molar-refractivity contribution in [3.8, 4) is 0 Å². The van der Waals surface area contributed by atoms with Crippen molar-refractivity contribution in [2.45, 2.75) is 19.5 Å². The normalized spacial score (nSPS) is 12.4. The Labute approximate surface area is 111 Å². The van der Waals surface area contributed by atoms with E-state index in [0.29, 0.717) is 18.5 Å². The van der Waals surface area contributed by atoms with Crippen LogP contribution in [0.2, 0.25) is 5.02 Å². The highest BCUT2D eigenvalue weighted by Crippen LogP contribution is 2.20. The number of halogens is 1. The summed E-state index contributed by atoms with van der Waals surface area (Å²) in [4.78, 5) is 1.83. The zero-order chi connectivity index (χ0) is 13.1. The number of rotatable bonds is 4. The number of nitrogens with two attached hydrogens (primary N) is 1. The summed E-state index contributed by atoms with van der Waals surface area (Å²) in [5, 5.41) is 8.55. The van der Waals surface area contributed by atoms with E-state index in [1.54, 1.807) is 6.92 Å². The maximum Gasteiger partial charge on any atom is 0.318 e. The van der Waals surface area contributed by atoms with Crippen LogP contribution in [0.25, 0.3) is 0 Å². The van der Waals surface area contributed by atoms with E-state index in [2.05, 4.69) is 10.2 Å². The van der Waals surface area contributed by atoms with Crippen LogP contribution in [0, 0.1) is 0 Å². The van der Waals surface area contributed by atoms with E-state index in [1.807, 2.05) is 36.2 Å². The zero-order valence-electron chi connectivity index (χ0n) is 10.3. The van der Waals surface area contributed by atoms with Gasteiger partial charge in [-0.1, -0.05) is 34.9 Å². The molecule has 1 aromatic carbocycles. The van der Waals surface area contributed by atoms with Crippen LogP contribution in [0.1, 0.15) is 24.4 Å². The molecule has 0 amide bonds. The van der Waals surface area contributed by atoms with Gasteiger partial charge in [0.15, 0.2) is 0 Å². The Morgan fingerprint density at radius 3 is 2.72 bits per heavy atom. The van der Waals surface area contributed by atoms with Crippen LogP contribution in [-0.4, -0.2) is 17.2 Å². The number of nitrogens with zero attached hydrogens (tertiary/aromatic N) is 3. The number of hydrogen-bond donors (Lipinski definition) is 1. The maximum atomic E-state index is 6.10. The topological polar surface area (TPSA) is 68.2 Å². The summed E-state index contributed by atoms with van der Waals surface area (Å²) in [5.41, 5.74) is 6.67. The molecule has 2 N–H and O–H groups in total. The predicted octanol–water partition coefficient (Wildman–Crippen LogP) is 2.38. The molecule has 1 unspecified atom stereocenters. The van der Waals surface area contributed by atoms with E-state index in [-0.39, 0.29) is 6.04 Å². The molecule has 0 aliphatic heterocycles. The highest BCUT2D eigenvalue weighted by Gasteiger charge is 2.14. The highest BCUT2D eigenvalue weighted by molar-refractivity contribution is 6.31. The molecule has 0 spiro atoms. The van der Waals surface area contributed by atoms with E-state index in [9.17, 15) is 0 Å². The number of benzene rings is 1. The van der Waals surface area contributed by atoms with Crippen molar-refractivity contribution in [3.63, 3.8) is 0 Å². The second kappa shape index (κ2) is 5.37. The maximum absolute atomic E-state index is 6.10. The first kappa shape index (κ1) is 12.9. The van der Waals surface area contributed by atoms with Crippen molar-refractivity contribution >= 4 is 17.6 Å². The number of anilines is 1. The van der Waals surface area contributed by atoms with E-state index >= 15 is 0 Å². The quantitative estimate of drug-likeness (QED) is 0.920. The van der Waals surface area contributed by atoms with E-state index < -0.39 is 0 Å². The minimum absolute atomic E-state index is 0.264. The molecule has 96 valence electrons. The van der Waals surface area contributed by atoms with Crippen molar-refractivity contribution < 1.29 is 4.42 Å². The van der Waals surface area contributed by atoms with Gasteiger partial charge in [-0.3, -0.25) is 0 Å². The number of hydrogen-bond acceptors (Lipinski definition) is 5. The van der Waals surface area contributed by atoms with Crippen molar-refractivity contribution in [2.24, 2.45) is 5.73 Å². The summed E-state index contributed by atoms with van der Waals surface area (Å²) in [6.45, 7) is 2.39. The predicted molar refractivity (Wildman–Crippen MR) is 70.5 cm³/mol. The third kappa shape index (κ3) is 2.80. The Morgan fingerprint density at radius 2 is 2.11 bits per heavy atom. The van der Waals surface area contributed by atoms with Crippen LogP contribution in [0.4, 0.5) is 6.01 Å². The molecule has 0 aliphatic rings. The lowest BCUT2D eigenvalue weighted by Crippen LogP contribution is -2.17. The molecule has 2 rings (SSSR count). The molecule has 2 aromatic rings. The first-order valence-corrected chi connectivity index (χ1v) is 5.99. The van der Waals surface area contributed by atoms with Gasteiger partial charge in [-0.2, -0.15) is 0 Å². The zero-order valence-corrected chi connectivity index (χ0v) is 11.1. The van der Waals surface area contributed by atoms with Crippen LogP contribution in [0.3, 0.4) is 0 Å². The van der Waals surface area contributed by atoms with Crippen LogP contribution in [0.5, 0.6) is 0 Å². The Balaban J connectivity index is 2.12. The van der Waals surface area contributed by atoms with Gasteiger partial charge in [0.1, 0.15) is 0 Å². The molecule has 18 heavy (non-hydrogen) atoms. The molecule has 0 bridgehead atoms. The first-order valence-electron chi connectivity index (χ1n) is 5.61. The highest BCUT2D eigenvalue weighted by atomic mass is 35.5. The van der Waals surface area contributed by atoms with Gasteiger partial charge in [-0.25, -0.2) is 0 Å². The van der Waals surface area contributed by atoms with Crippen LogP contribution < -0.4 is 10.6 Å². The minimum atomic E-state index is -0.264.